The molecule has 0 aromatic carbocycles. The Kier molecular flexibility index (Phi) is 5.95. The van der Waals surface area contributed by atoms with Crippen LogP contribution in [0.25, 0.3) is 0 Å². The van der Waals surface area contributed by atoms with E-state index in [0.29, 0.717) is 12.4 Å². The summed E-state index contributed by atoms with van der Waals surface area (Å²) in [6.07, 6.45) is 3.15. The molecule has 21 heavy (non-hydrogen) atoms. The number of urea groups is 1. The van der Waals surface area contributed by atoms with Gasteiger partial charge in [-0.1, -0.05) is 6.07 Å². The Morgan fingerprint density at radius 2 is 2.14 bits per heavy atom. The summed E-state index contributed by atoms with van der Waals surface area (Å²) < 4.78 is 5.70. The van der Waals surface area contributed by atoms with Crippen LogP contribution in [0.4, 0.5) is 10.6 Å². The monoisotopic (exact) mass is 292 g/mol. The van der Waals surface area contributed by atoms with Crippen LogP contribution in [0, 0.1) is 0 Å². The molecule has 1 aromatic heterocycles. The average Bonchev–Trinajstić information content (AvgIpc) is 2.44. The van der Waals surface area contributed by atoms with Crippen LogP contribution in [0.3, 0.4) is 0 Å². The van der Waals surface area contributed by atoms with Crippen molar-refractivity contribution in [1.82, 2.24) is 15.2 Å². The Balaban J connectivity index is 1.60. The lowest BCUT2D eigenvalue weighted by molar-refractivity contribution is -0.0679. The molecule has 0 bridgehead atoms. The fourth-order valence-corrected chi connectivity index (χ4v) is 2.57. The van der Waals surface area contributed by atoms with Crippen molar-refractivity contribution in [2.45, 2.75) is 32.5 Å². The second-order valence-corrected chi connectivity index (χ2v) is 5.47. The van der Waals surface area contributed by atoms with Gasteiger partial charge in [-0.3, -0.25) is 10.2 Å². The Labute approximate surface area is 125 Å². The number of nitrogens with zero attached hydrogens (tertiary/aromatic N) is 2. The van der Waals surface area contributed by atoms with Crippen molar-refractivity contribution < 1.29 is 9.53 Å². The van der Waals surface area contributed by atoms with Gasteiger partial charge in [-0.2, -0.15) is 0 Å². The number of anilines is 1. The molecule has 1 aliphatic heterocycles. The highest BCUT2D eigenvalue weighted by Crippen LogP contribution is 2.10. The third-order valence-electron chi connectivity index (χ3n) is 3.34. The largest absolute Gasteiger partial charge is 0.373 e. The topological polar surface area (TPSA) is 66.5 Å². The molecule has 2 heterocycles. The third-order valence-corrected chi connectivity index (χ3v) is 3.34. The molecule has 0 aliphatic carbocycles. The van der Waals surface area contributed by atoms with Gasteiger partial charge in [-0.05, 0) is 32.4 Å². The normalized spacial score (nSPS) is 22.8. The van der Waals surface area contributed by atoms with E-state index in [0.717, 1.165) is 26.1 Å². The number of ether oxygens (including phenoxy) is 1. The van der Waals surface area contributed by atoms with Crippen LogP contribution in [0.5, 0.6) is 0 Å². The second-order valence-electron chi connectivity index (χ2n) is 5.47. The molecule has 2 atom stereocenters. The summed E-state index contributed by atoms with van der Waals surface area (Å²) in [5.74, 6) is 0.561. The maximum atomic E-state index is 11.7. The van der Waals surface area contributed by atoms with Gasteiger partial charge in [0.2, 0.25) is 0 Å². The predicted molar refractivity (Wildman–Crippen MR) is 82.3 cm³/mol. The van der Waals surface area contributed by atoms with Crippen LogP contribution in [-0.4, -0.2) is 54.3 Å². The van der Waals surface area contributed by atoms with Gasteiger partial charge < -0.3 is 10.1 Å². The zero-order chi connectivity index (χ0) is 15.1. The molecular formula is C15H24N4O2. The van der Waals surface area contributed by atoms with Gasteiger partial charge in [0.25, 0.3) is 0 Å². The Hall–Kier alpha value is -1.66. The first kappa shape index (κ1) is 15.7. The summed E-state index contributed by atoms with van der Waals surface area (Å²) in [6.45, 7) is 7.75. The summed E-state index contributed by atoms with van der Waals surface area (Å²) in [6, 6.07) is 5.20. The quantitative estimate of drug-likeness (QED) is 0.811. The first-order chi connectivity index (χ1) is 10.1. The molecule has 6 heteroatoms. The lowest BCUT2D eigenvalue weighted by Crippen LogP contribution is -2.46. The number of nitrogens with one attached hydrogen (secondary N) is 2. The molecule has 2 unspecified atom stereocenters. The van der Waals surface area contributed by atoms with Gasteiger partial charge in [0.15, 0.2) is 0 Å². The van der Waals surface area contributed by atoms with Gasteiger partial charge >= 0.3 is 6.03 Å². The summed E-state index contributed by atoms with van der Waals surface area (Å²) >= 11 is 0. The molecule has 2 rings (SSSR count). The van der Waals surface area contributed by atoms with Crippen LogP contribution in [0.15, 0.2) is 24.4 Å². The summed E-state index contributed by atoms with van der Waals surface area (Å²) in [5.41, 5.74) is 0. The minimum absolute atomic E-state index is 0.211. The Morgan fingerprint density at radius 1 is 1.38 bits per heavy atom. The van der Waals surface area contributed by atoms with Crippen LogP contribution in [0.1, 0.15) is 20.3 Å². The molecule has 2 amide bonds. The zero-order valence-electron chi connectivity index (χ0n) is 12.7. The molecule has 1 saturated heterocycles. The van der Waals surface area contributed by atoms with Crippen LogP contribution < -0.4 is 10.6 Å². The van der Waals surface area contributed by atoms with E-state index in [1.807, 2.05) is 12.1 Å². The van der Waals surface area contributed by atoms with E-state index in [-0.39, 0.29) is 18.2 Å². The van der Waals surface area contributed by atoms with Crippen molar-refractivity contribution in [1.29, 1.82) is 0 Å². The van der Waals surface area contributed by atoms with Gasteiger partial charge in [0, 0.05) is 32.4 Å². The molecule has 1 aromatic rings. The number of pyridine rings is 1. The fraction of sp³-hybridized carbons (Fsp3) is 0.600. The number of aromatic nitrogens is 1. The highest BCUT2D eigenvalue weighted by atomic mass is 16.5. The average molecular weight is 292 g/mol. The minimum Gasteiger partial charge on any atom is -0.373 e. The SMILES string of the molecule is CC1CN(CCCNC(=O)Nc2ccccn2)CC(C)O1. The maximum absolute atomic E-state index is 11.7. The summed E-state index contributed by atoms with van der Waals surface area (Å²) in [7, 11) is 0. The Morgan fingerprint density at radius 3 is 2.81 bits per heavy atom. The van der Waals surface area contributed by atoms with E-state index in [9.17, 15) is 4.79 Å². The number of amides is 2. The van der Waals surface area contributed by atoms with Gasteiger partial charge in [-0.25, -0.2) is 9.78 Å². The number of carbonyl (C=O) groups excluding carboxylic acids is 1. The number of rotatable bonds is 5. The molecule has 6 nitrogen and oxygen atoms in total. The third kappa shape index (κ3) is 5.69. The smallest absolute Gasteiger partial charge is 0.320 e. The standard InChI is InChI=1S/C15H24N4O2/c1-12-10-19(11-13(2)21-12)9-5-8-17-15(20)18-14-6-3-4-7-16-14/h3-4,6-7,12-13H,5,8-11H2,1-2H3,(H2,16,17,18,20). The molecule has 0 saturated carbocycles. The predicted octanol–water partition coefficient (Wildman–Crippen LogP) is 1.70. The number of hydrogen-bond acceptors (Lipinski definition) is 4. The number of hydrogen-bond donors (Lipinski definition) is 2. The van der Waals surface area contributed by atoms with E-state index < -0.39 is 0 Å². The van der Waals surface area contributed by atoms with Gasteiger partial charge in [-0.15, -0.1) is 0 Å². The maximum Gasteiger partial charge on any atom is 0.320 e. The molecule has 0 radical (unpaired) electrons. The minimum atomic E-state index is -0.211. The first-order valence-electron chi connectivity index (χ1n) is 7.47. The second kappa shape index (κ2) is 7.95. The highest BCUT2D eigenvalue weighted by molar-refractivity contribution is 5.88. The van der Waals surface area contributed by atoms with Crippen molar-refractivity contribution in [3.05, 3.63) is 24.4 Å². The fourth-order valence-electron chi connectivity index (χ4n) is 2.57. The van der Waals surface area contributed by atoms with Crippen LogP contribution >= 0.6 is 0 Å². The molecule has 2 N–H and O–H groups in total. The van der Waals surface area contributed by atoms with Crippen LogP contribution in [-0.2, 0) is 4.74 Å². The van der Waals surface area contributed by atoms with E-state index >= 15 is 0 Å². The van der Waals surface area contributed by atoms with Crippen molar-refractivity contribution >= 4 is 11.8 Å². The van der Waals surface area contributed by atoms with Crippen molar-refractivity contribution in [3.8, 4) is 0 Å². The van der Waals surface area contributed by atoms with E-state index in [2.05, 4.69) is 34.4 Å². The lowest BCUT2D eigenvalue weighted by atomic mass is 10.2. The molecule has 1 aliphatic rings. The summed E-state index contributed by atoms with van der Waals surface area (Å²) in [5, 5.41) is 5.54. The van der Waals surface area contributed by atoms with E-state index in [1.54, 1.807) is 12.3 Å². The number of carbonyl (C=O) groups is 1. The van der Waals surface area contributed by atoms with Crippen molar-refractivity contribution in [2.75, 3.05) is 31.5 Å². The number of morpholine rings is 1. The van der Waals surface area contributed by atoms with Gasteiger partial charge in [0.1, 0.15) is 5.82 Å². The molecule has 116 valence electrons. The highest BCUT2D eigenvalue weighted by Gasteiger charge is 2.21. The van der Waals surface area contributed by atoms with Crippen LogP contribution in [0.2, 0.25) is 0 Å². The van der Waals surface area contributed by atoms with E-state index in [1.165, 1.54) is 0 Å². The molecule has 0 spiro atoms. The van der Waals surface area contributed by atoms with Crippen molar-refractivity contribution in [3.63, 3.8) is 0 Å². The van der Waals surface area contributed by atoms with Gasteiger partial charge in [0.05, 0.1) is 12.2 Å². The van der Waals surface area contributed by atoms with Crippen molar-refractivity contribution in [2.24, 2.45) is 0 Å². The lowest BCUT2D eigenvalue weighted by Gasteiger charge is -2.35. The molecular weight excluding hydrogens is 268 g/mol. The first-order valence-corrected chi connectivity index (χ1v) is 7.47. The zero-order valence-corrected chi connectivity index (χ0v) is 12.7. The summed E-state index contributed by atoms with van der Waals surface area (Å²) in [4.78, 5) is 18.1. The van der Waals surface area contributed by atoms with E-state index in [4.69, 9.17) is 4.74 Å². The molecule has 1 fully saturated rings. The Bertz CT molecular complexity index is 431.